The molecule has 0 bridgehead atoms. The molecule has 0 atom stereocenters. The number of hydrogen-bond acceptors (Lipinski definition) is 0. The maximum Gasteiger partial charge on any atom is 0.0516 e. The van der Waals surface area contributed by atoms with Gasteiger partial charge in [-0.25, -0.2) is 0 Å². The normalized spacial score (nSPS) is 10.6. The third kappa shape index (κ3) is 1.20. The quantitative estimate of drug-likeness (QED) is 0.456. The number of benzene rings is 1. The minimum Gasteiger partial charge on any atom is -0.0708 e. The summed E-state index contributed by atoms with van der Waals surface area (Å²) in [6, 6.07) is 10.7. The van der Waals surface area contributed by atoms with Gasteiger partial charge in [-0.2, -0.15) is 0 Å². The fraction of sp³-hybridized carbons (Fsp3) is 0.143. The maximum atomic E-state index is 2.30. The van der Waals surface area contributed by atoms with E-state index in [1.165, 1.54) is 0 Å². The van der Waals surface area contributed by atoms with Crippen LogP contribution in [-0.2, 0) is 0 Å². The van der Waals surface area contributed by atoms with Gasteiger partial charge in [0, 0.05) is 0 Å². The van der Waals surface area contributed by atoms with Crippen LogP contribution >= 0.6 is 0 Å². The highest BCUT2D eigenvalue weighted by Crippen LogP contribution is 1.79. The van der Waals surface area contributed by atoms with Gasteiger partial charge in [-0.3, -0.25) is 0 Å². The van der Waals surface area contributed by atoms with Crippen LogP contribution in [0, 0.1) is 0 Å². The highest BCUT2D eigenvalue weighted by molar-refractivity contribution is 6.51. The van der Waals surface area contributed by atoms with Gasteiger partial charge in [0.15, 0.2) is 0 Å². The van der Waals surface area contributed by atoms with Gasteiger partial charge in [0.2, 0.25) is 0 Å². The third-order valence-electron chi connectivity index (χ3n) is 1.25. The van der Waals surface area contributed by atoms with Gasteiger partial charge in [0.1, 0.15) is 0 Å². The monoisotopic (exact) mass is 104 g/mol. The summed E-state index contributed by atoms with van der Waals surface area (Å²) in [5.41, 5.74) is 0. The highest BCUT2D eigenvalue weighted by atomic mass is 13.7. The van der Waals surface area contributed by atoms with Crippen LogP contribution in [0.5, 0.6) is 0 Å². The lowest BCUT2D eigenvalue weighted by molar-refractivity contribution is 1.77. The second kappa shape index (κ2) is 2.67. The highest BCUT2D eigenvalue weighted by Gasteiger charge is 1.80. The first-order valence-electron chi connectivity index (χ1n) is 2.97. The Labute approximate surface area is 52.4 Å². The Hall–Kier alpha value is -0.563. The molecule has 0 spiro atoms. The molecule has 0 aliphatic heterocycles. The topological polar surface area (TPSA) is 0 Å². The maximum absolute atomic E-state index is 2.30. The van der Waals surface area contributed by atoms with Crippen LogP contribution in [0.1, 0.15) is 0 Å². The van der Waals surface area contributed by atoms with Gasteiger partial charge >= 0.3 is 0 Å². The Morgan fingerprint density at radius 3 is 2.12 bits per heavy atom. The van der Waals surface area contributed by atoms with E-state index in [4.69, 9.17) is 0 Å². The van der Waals surface area contributed by atoms with Crippen LogP contribution in [0.25, 0.3) is 0 Å². The summed E-state index contributed by atoms with van der Waals surface area (Å²) in [4.78, 5) is 0. The molecular formula is C7H10Si. The van der Waals surface area contributed by atoms with Crippen LogP contribution in [-0.4, -0.2) is 9.52 Å². The second-order valence-corrected chi connectivity index (χ2v) is 3.36. The molecule has 8 heavy (non-hydrogen) atoms. The molecule has 0 N–H and O–H groups in total. The van der Waals surface area contributed by atoms with Gasteiger partial charge in [-0.1, -0.05) is 42.1 Å². The summed E-state index contributed by atoms with van der Waals surface area (Å²) in [6.07, 6.45) is 0. The molecule has 0 aliphatic carbocycles. The van der Waals surface area contributed by atoms with E-state index in [0.29, 0.717) is 0 Å². The van der Waals surface area contributed by atoms with E-state index in [1.807, 2.05) is 0 Å². The Balaban J connectivity index is 2.83. The van der Waals surface area contributed by atoms with Gasteiger partial charge in [-0.05, 0) is 0 Å². The average Bonchev–Trinajstić information content (AvgIpc) is 1.90. The lowest BCUT2D eigenvalue weighted by Gasteiger charge is -1.89. The molecule has 1 rings (SSSR count). The molecule has 0 nitrogen and oxygen atoms in total. The summed E-state index contributed by atoms with van der Waals surface area (Å²) in [5, 5.41) is 1.55. The SMILES string of the molecule is C[10SiH2]c1ccccc1. The first-order valence-corrected chi connectivity index (χ1v) is 5.09. The summed E-state index contributed by atoms with van der Waals surface area (Å²) >= 11 is 0. The first kappa shape index (κ1) is 5.57. The molecule has 0 amide bonds. The van der Waals surface area contributed by atoms with E-state index >= 15 is 0 Å². The van der Waals surface area contributed by atoms with Gasteiger partial charge in [0.05, 0.1) is 9.52 Å². The van der Waals surface area contributed by atoms with Crippen molar-refractivity contribution in [3.63, 3.8) is 0 Å². The molecular weight excluding hydrogens is 94.1 g/mol. The molecule has 0 aliphatic rings. The standard InChI is InChI=1S/C7H10Si/c1-8-7-5-3-2-4-6-7/h2-6H,8H2,1H3/i8-18. The van der Waals surface area contributed by atoms with Crippen LogP contribution in [0.3, 0.4) is 0 Å². The first-order chi connectivity index (χ1) is 3.93. The van der Waals surface area contributed by atoms with E-state index < -0.39 is 0 Å². The Morgan fingerprint density at radius 1 is 1.12 bits per heavy atom. The van der Waals surface area contributed by atoms with E-state index in [0.717, 1.165) is 0 Å². The summed E-state index contributed by atoms with van der Waals surface area (Å²) in [5.74, 6) is 0. The molecule has 0 unspecified atom stereocenters. The van der Waals surface area contributed by atoms with Crippen LogP contribution in [0.2, 0.25) is 6.55 Å². The summed E-state index contributed by atoms with van der Waals surface area (Å²) in [6.45, 7) is 2.30. The van der Waals surface area contributed by atoms with Crippen molar-refractivity contribution in [3.8, 4) is 0 Å². The van der Waals surface area contributed by atoms with Gasteiger partial charge < -0.3 is 0 Å². The van der Waals surface area contributed by atoms with Crippen molar-refractivity contribution in [3.05, 3.63) is 30.3 Å². The fourth-order valence-corrected chi connectivity index (χ4v) is 1.46. The van der Waals surface area contributed by atoms with Crippen molar-refractivity contribution < 1.29 is 0 Å². The molecule has 1 heteroatoms. The van der Waals surface area contributed by atoms with E-state index in [1.54, 1.807) is 5.19 Å². The Kier molecular flexibility index (Phi) is 1.86. The minimum absolute atomic E-state index is 0.0913. The molecule has 0 saturated heterocycles. The van der Waals surface area contributed by atoms with E-state index in [9.17, 15) is 0 Å². The zero-order valence-corrected chi connectivity index (χ0v) is 6.51. The number of rotatable bonds is 1. The van der Waals surface area contributed by atoms with Crippen molar-refractivity contribution in [1.82, 2.24) is 0 Å². The fourth-order valence-electron chi connectivity index (χ4n) is 0.714. The van der Waals surface area contributed by atoms with Crippen molar-refractivity contribution in [2.24, 2.45) is 0 Å². The number of hydrogen-bond donors (Lipinski definition) is 0. The molecule has 1 aromatic carbocycles. The zero-order chi connectivity index (χ0) is 5.82. The smallest absolute Gasteiger partial charge is 0.0516 e. The van der Waals surface area contributed by atoms with Crippen molar-refractivity contribution >= 4 is 14.7 Å². The molecule has 0 aromatic heterocycles. The van der Waals surface area contributed by atoms with Crippen LogP contribution in [0.15, 0.2) is 30.3 Å². The predicted molar refractivity (Wildman–Crippen MR) is 40.5 cm³/mol. The van der Waals surface area contributed by atoms with E-state index in [-0.39, 0.29) is 9.52 Å². The van der Waals surface area contributed by atoms with Gasteiger partial charge in [-0.15, -0.1) is 0 Å². The minimum atomic E-state index is 0.0913. The van der Waals surface area contributed by atoms with Crippen molar-refractivity contribution in [2.75, 3.05) is 0 Å². The van der Waals surface area contributed by atoms with Gasteiger partial charge in [0.25, 0.3) is 0 Å². The molecule has 42 valence electrons. The average molecular weight is 104 g/mol. The lowest BCUT2D eigenvalue weighted by Crippen LogP contribution is -2.07. The third-order valence-corrected chi connectivity index (χ3v) is 2.54. The zero-order valence-electron chi connectivity index (χ0n) is 5.09. The van der Waals surface area contributed by atoms with E-state index in [2.05, 4.69) is 36.9 Å². The lowest BCUT2D eigenvalue weighted by atomic mass is 9.21. The van der Waals surface area contributed by atoms with Crippen molar-refractivity contribution in [1.29, 1.82) is 0 Å². The van der Waals surface area contributed by atoms with Crippen LogP contribution < -0.4 is 5.19 Å². The van der Waals surface area contributed by atoms with Crippen LogP contribution in [0.4, 0.5) is 0 Å². The molecule has 0 fully saturated rings. The molecule has 1 aromatic rings. The Bertz CT molecular complexity index is 146. The second-order valence-electron chi connectivity index (χ2n) is 1.84. The summed E-state index contributed by atoms with van der Waals surface area (Å²) in [7, 11) is 0.0913. The molecule has 0 saturated carbocycles. The van der Waals surface area contributed by atoms with Crippen molar-refractivity contribution in [2.45, 2.75) is 6.55 Å². The molecule has 0 heterocycles. The summed E-state index contributed by atoms with van der Waals surface area (Å²) < 4.78 is 0. The molecule has 0 radical (unpaired) electrons. The predicted octanol–water partition coefficient (Wildman–Crippen LogP) is 0.529. The Morgan fingerprint density at radius 2 is 1.75 bits per heavy atom. The largest absolute Gasteiger partial charge is 0.0708 e.